The average molecular weight is 444 g/mol. The van der Waals surface area contributed by atoms with Crippen molar-refractivity contribution in [2.45, 2.75) is 31.1 Å². The minimum absolute atomic E-state index is 0.0203. The smallest absolute Gasteiger partial charge is 0.243 e. The van der Waals surface area contributed by atoms with Crippen molar-refractivity contribution in [3.8, 4) is 0 Å². The average Bonchev–Trinajstić information content (AvgIpc) is 2.75. The SMILES string of the molecule is CC(=O)c1cccc(S(=O)(=O)N2CCC(C(=O)Nc3ccccc3CC(N)=O)CC2)c1. The molecule has 31 heavy (non-hydrogen) atoms. The third-order valence-electron chi connectivity index (χ3n) is 5.34. The van der Waals surface area contributed by atoms with Crippen LogP contribution in [0.4, 0.5) is 5.69 Å². The van der Waals surface area contributed by atoms with E-state index in [4.69, 9.17) is 5.73 Å². The number of amides is 2. The second kappa shape index (κ2) is 9.40. The van der Waals surface area contributed by atoms with Crippen LogP contribution in [0.3, 0.4) is 0 Å². The summed E-state index contributed by atoms with van der Waals surface area (Å²) in [5.41, 5.74) is 6.77. The topological polar surface area (TPSA) is 127 Å². The number of ketones is 1. The molecule has 0 aromatic heterocycles. The maximum absolute atomic E-state index is 12.9. The number of primary amides is 1. The van der Waals surface area contributed by atoms with E-state index in [0.717, 1.165) is 0 Å². The molecule has 1 heterocycles. The highest BCUT2D eigenvalue weighted by atomic mass is 32.2. The van der Waals surface area contributed by atoms with Gasteiger partial charge in [-0.05, 0) is 43.5 Å². The summed E-state index contributed by atoms with van der Waals surface area (Å²) >= 11 is 0. The van der Waals surface area contributed by atoms with Gasteiger partial charge in [0.05, 0.1) is 11.3 Å². The molecule has 8 nitrogen and oxygen atoms in total. The third kappa shape index (κ3) is 5.36. The number of anilines is 1. The van der Waals surface area contributed by atoms with Gasteiger partial charge in [-0.25, -0.2) is 8.42 Å². The van der Waals surface area contributed by atoms with E-state index in [9.17, 15) is 22.8 Å². The Labute approximate surface area is 181 Å². The predicted octanol–water partition coefficient (Wildman–Crippen LogP) is 1.96. The Balaban J connectivity index is 1.65. The summed E-state index contributed by atoms with van der Waals surface area (Å²) in [6.07, 6.45) is 0.761. The van der Waals surface area contributed by atoms with Crippen LogP contribution in [-0.4, -0.2) is 43.4 Å². The van der Waals surface area contributed by atoms with Crippen molar-refractivity contribution < 1.29 is 22.8 Å². The number of nitrogens with two attached hydrogens (primary N) is 1. The highest BCUT2D eigenvalue weighted by Gasteiger charge is 2.32. The zero-order valence-electron chi connectivity index (χ0n) is 17.2. The highest BCUT2D eigenvalue weighted by molar-refractivity contribution is 7.89. The number of piperidine rings is 1. The normalized spacial score (nSPS) is 15.4. The van der Waals surface area contributed by atoms with Gasteiger partial charge in [-0.3, -0.25) is 14.4 Å². The van der Waals surface area contributed by atoms with Crippen LogP contribution in [0.1, 0.15) is 35.7 Å². The number of carbonyl (C=O) groups is 3. The van der Waals surface area contributed by atoms with Gasteiger partial charge >= 0.3 is 0 Å². The molecule has 1 aliphatic heterocycles. The van der Waals surface area contributed by atoms with Crippen LogP contribution < -0.4 is 11.1 Å². The number of sulfonamides is 1. The molecular weight excluding hydrogens is 418 g/mol. The summed E-state index contributed by atoms with van der Waals surface area (Å²) in [4.78, 5) is 35.6. The molecular formula is C22H25N3O5S. The lowest BCUT2D eigenvalue weighted by molar-refractivity contribution is -0.121. The Morgan fingerprint density at radius 2 is 1.74 bits per heavy atom. The van der Waals surface area contributed by atoms with E-state index in [0.29, 0.717) is 29.7 Å². The molecule has 0 saturated carbocycles. The number of hydrogen-bond acceptors (Lipinski definition) is 5. The van der Waals surface area contributed by atoms with Crippen LogP contribution in [0.2, 0.25) is 0 Å². The van der Waals surface area contributed by atoms with Gasteiger partial charge in [0.1, 0.15) is 0 Å². The van der Waals surface area contributed by atoms with Crippen LogP contribution in [0.25, 0.3) is 0 Å². The first kappa shape index (κ1) is 22.6. The zero-order valence-corrected chi connectivity index (χ0v) is 18.0. The maximum Gasteiger partial charge on any atom is 0.243 e. The lowest BCUT2D eigenvalue weighted by Gasteiger charge is -2.30. The third-order valence-corrected chi connectivity index (χ3v) is 7.24. The summed E-state index contributed by atoms with van der Waals surface area (Å²) in [6.45, 7) is 1.79. The van der Waals surface area contributed by atoms with E-state index in [1.165, 1.54) is 23.4 Å². The van der Waals surface area contributed by atoms with E-state index in [1.807, 2.05) is 0 Å². The van der Waals surface area contributed by atoms with Crippen molar-refractivity contribution in [1.82, 2.24) is 4.31 Å². The van der Waals surface area contributed by atoms with Gasteiger partial charge in [-0.15, -0.1) is 0 Å². The highest BCUT2D eigenvalue weighted by Crippen LogP contribution is 2.26. The minimum atomic E-state index is -3.75. The van der Waals surface area contributed by atoms with Crippen molar-refractivity contribution in [3.63, 3.8) is 0 Å². The molecule has 0 aliphatic carbocycles. The van der Waals surface area contributed by atoms with Crippen molar-refractivity contribution in [2.24, 2.45) is 11.7 Å². The van der Waals surface area contributed by atoms with Crippen molar-refractivity contribution in [1.29, 1.82) is 0 Å². The number of rotatable bonds is 7. The van der Waals surface area contributed by atoms with Gasteiger partial charge in [-0.1, -0.05) is 30.3 Å². The molecule has 1 saturated heterocycles. The Morgan fingerprint density at radius 1 is 1.06 bits per heavy atom. The molecule has 0 bridgehead atoms. The molecule has 0 unspecified atom stereocenters. The quantitative estimate of drug-likeness (QED) is 0.633. The second-order valence-corrected chi connectivity index (χ2v) is 9.49. The second-order valence-electron chi connectivity index (χ2n) is 7.55. The number of nitrogens with zero attached hydrogens (tertiary/aromatic N) is 1. The number of hydrogen-bond donors (Lipinski definition) is 2. The summed E-state index contributed by atoms with van der Waals surface area (Å²) in [6, 6.07) is 12.9. The molecule has 9 heteroatoms. The van der Waals surface area contributed by atoms with Crippen LogP contribution in [-0.2, 0) is 26.0 Å². The molecule has 3 N–H and O–H groups in total. The molecule has 2 aromatic rings. The van der Waals surface area contributed by atoms with Gasteiger partial charge in [-0.2, -0.15) is 4.31 Å². The fourth-order valence-corrected chi connectivity index (χ4v) is 5.12. The van der Waals surface area contributed by atoms with E-state index in [1.54, 1.807) is 36.4 Å². The molecule has 1 fully saturated rings. The Kier molecular flexibility index (Phi) is 6.87. The maximum atomic E-state index is 12.9. The van der Waals surface area contributed by atoms with Gasteiger partial charge in [0, 0.05) is 30.3 Å². The van der Waals surface area contributed by atoms with Crippen LogP contribution >= 0.6 is 0 Å². The van der Waals surface area contributed by atoms with Gasteiger partial charge < -0.3 is 11.1 Å². The minimum Gasteiger partial charge on any atom is -0.369 e. The lowest BCUT2D eigenvalue weighted by atomic mass is 9.97. The lowest BCUT2D eigenvalue weighted by Crippen LogP contribution is -2.41. The van der Waals surface area contributed by atoms with Gasteiger partial charge in [0.15, 0.2) is 5.78 Å². The van der Waals surface area contributed by atoms with Crippen molar-refractivity contribution >= 4 is 33.3 Å². The van der Waals surface area contributed by atoms with Crippen LogP contribution in [0, 0.1) is 5.92 Å². The van der Waals surface area contributed by atoms with E-state index < -0.39 is 15.9 Å². The molecule has 1 aliphatic rings. The molecule has 0 radical (unpaired) electrons. The van der Waals surface area contributed by atoms with Crippen LogP contribution in [0.15, 0.2) is 53.4 Å². The molecule has 164 valence electrons. The molecule has 2 amide bonds. The largest absolute Gasteiger partial charge is 0.369 e. The standard InChI is InChI=1S/C22H25N3O5S/c1-15(26)17-6-4-7-19(13-17)31(29,30)25-11-9-16(10-12-25)22(28)24-20-8-3-2-5-18(20)14-21(23)27/h2-8,13,16H,9-12,14H2,1H3,(H2,23,27)(H,24,28). The molecule has 0 spiro atoms. The van der Waals surface area contributed by atoms with Crippen molar-refractivity contribution in [2.75, 3.05) is 18.4 Å². The zero-order chi connectivity index (χ0) is 22.6. The Bertz CT molecular complexity index is 1110. The number of Topliss-reactive ketones (excluding diaryl/α,β-unsaturated/α-hetero) is 1. The van der Waals surface area contributed by atoms with E-state index >= 15 is 0 Å². The monoisotopic (exact) mass is 443 g/mol. The molecule has 0 atom stereocenters. The Morgan fingerprint density at radius 3 is 2.39 bits per heavy atom. The van der Waals surface area contributed by atoms with Crippen molar-refractivity contribution in [3.05, 3.63) is 59.7 Å². The number of para-hydroxylation sites is 1. The van der Waals surface area contributed by atoms with E-state index in [-0.39, 0.29) is 42.0 Å². The van der Waals surface area contributed by atoms with Crippen LogP contribution in [0.5, 0.6) is 0 Å². The summed E-state index contributed by atoms with van der Waals surface area (Å²) in [5, 5.41) is 2.84. The summed E-state index contributed by atoms with van der Waals surface area (Å²) in [5.74, 6) is -1.26. The summed E-state index contributed by atoms with van der Waals surface area (Å²) < 4.78 is 27.2. The molecule has 3 rings (SSSR count). The van der Waals surface area contributed by atoms with E-state index in [2.05, 4.69) is 5.32 Å². The predicted molar refractivity (Wildman–Crippen MR) is 116 cm³/mol. The first-order valence-corrected chi connectivity index (χ1v) is 11.4. The first-order chi connectivity index (χ1) is 14.7. The summed E-state index contributed by atoms with van der Waals surface area (Å²) in [7, 11) is -3.75. The number of nitrogens with one attached hydrogen (secondary N) is 1. The Hall–Kier alpha value is -3.04. The number of benzene rings is 2. The number of carbonyl (C=O) groups excluding carboxylic acids is 3. The van der Waals surface area contributed by atoms with Gasteiger partial charge in [0.25, 0.3) is 0 Å². The fourth-order valence-electron chi connectivity index (χ4n) is 3.60. The first-order valence-electron chi connectivity index (χ1n) is 9.96. The van der Waals surface area contributed by atoms with Gasteiger partial charge in [0.2, 0.25) is 21.8 Å². The fraction of sp³-hybridized carbons (Fsp3) is 0.318. The molecule has 2 aromatic carbocycles.